The topological polar surface area (TPSA) is 85.0 Å². The lowest BCUT2D eigenvalue weighted by Crippen LogP contribution is -2.33. The van der Waals surface area contributed by atoms with Gasteiger partial charge in [0.15, 0.2) is 5.69 Å². The van der Waals surface area contributed by atoms with E-state index in [0.717, 1.165) is 22.5 Å². The van der Waals surface area contributed by atoms with Gasteiger partial charge >= 0.3 is 0 Å². The molecule has 0 saturated carbocycles. The lowest BCUT2D eigenvalue weighted by molar-refractivity contribution is 0.0757. The van der Waals surface area contributed by atoms with Crippen LogP contribution in [0.25, 0.3) is 11.3 Å². The van der Waals surface area contributed by atoms with Crippen molar-refractivity contribution >= 4 is 17.4 Å². The predicted molar refractivity (Wildman–Crippen MR) is 83.0 cm³/mol. The molecule has 4 rings (SSSR count). The molecule has 8 heteroatoms. The summed E-state index contributed by atoms with van der Waals surface area (Å²) in [5.41, 5.74) is 4.30. The Balaban J connectivity index is 1.62. The van der Waals surface area contributed by atoms with Gasteiger partial charge < -0.3 is 9.32 Å². The summed E-state index contributed by atoms with van der Waals surface area (Å²) >= 11 is 1.18. The first-order valence-corrected chi connectivity index (χ1v) is 8.08. The van der Waals surface area contributed by atoms with Gasteiger partial charge in [0.05, 0.1) is 18.2 Å². The fraction of sp³-hybridized carbons (Fsp3) is 0.267. The van der Waals surface area contributed by atoms with Crippen molar-refractivity contribution in [2.24, 2.45) is 0 Å². The smallest absolute Gasteiger partial charge is 0.275 e. The second-order valence-electron chi connectivity index (χ2n) is 5.24. The van der Waals surface area contributed by atoms with Crippen molar-refractivity contribution in [1.82, 2.24) is 24.5 Å². The molecule has 3 aromatic heterocycles. The molecule has 0 bridgehead atoms. The minimum Gasteiger partial charge on any atom is -0.472 e. The number of aromatic nitrogens is 4. The highest BCUT2D eigenvalue weighted by molar-refractivity contribution is 7.03. The fourth-order valence-corrected chi connectivity index (χ4v) is 3.23. The summed E-state index contributed by atoms with van der Waals surface area (Å²) in [6, 6.07) is 1.89. The minimum absolute atomic E-state index is 0.0793. The normalized spacial score (nSPS) is 14.3. The second kappa shape index (κ2) is 5.88. The van der Waals surface area contributed by atoms with Crippen LogP contribution in [-0.4, -0.2) is 43.5 Å². The van der Waals surface area contributed by atoms with Crippen molar-refractivity contribution in [3.63, 3.8) is 0 Å². The van der Waals surface area contributed by atoms with Crippen molar-refractivity contribution < 1.29 is 9.21 Å². The molecule has 3 aromatic rings. The highest BCUT2D eigenvalue weighted by Crippen LogP contribution is 2.26. The zero-order valence-electron chi connectivity index (χ0n) is 12.2. The van der Waals surface area contributed by atoms with Crippen LogP contribution in [0.1, 0.15) is 21.7 Å². The number of hydrogen-bond donors (Lipinski definition) is 0. The Morgan fingerprint density at radius 2 is 2.17 bits per heavy atom. The number of furan rings is 1. The summed E-state index contributed by atoms with van der Waals surface area (Å²) in [5, 5.41) is 5.54. The van der Waals surface area contributed by atoms with Gasteiger partial charge in [-0.3, -0.25) is 4.79 Å². The molecule has 0 aromatic carbocycles. The summed E-state index contributed by atoms with van der Waals surface area (Å²) in [6.45, 7) is 1.23. The fourth-order valence-electron chi connectivity index (χ4n) is 2.80. The van der Waals surface area contributed by atoms with Gasteiger partial charge in [0, 0.05) is 41.7 Å². The van der Waals surface area contributed by atoms with E-state index in [-0.39, 0.29) is 5.91 Å². The van der Waals surface area contributed by atoms with Crippen LogP contribution >= 0.6 is 11.5 Å². The van der Waals surface area contributed by atoms with Crippen LogP contribution in [0.4, 0.5) is 0 Å². The molecule has 1 aliphatic rings. The molecule has 1 amide bonds. The zero-order chi connectivity index (χ0) is 15.6. The second-order valence-corrected chi connectivity index (χ2v) is 5.85. The highest BCUT2D eigenvalue weighted by atomic mass is 32.1. The van der Waals surface area contributed by atoms with Gasteiger partial charge in [0.25, 0.3) is 5.91 Å². The summed E-state index contributed by atoms with van der Waals surface area (Å²) in [7, 11) is 0. The summed E-state index contributed by atoms with van der Waals surface area (Å²) in [6.07, 6.45) is 6.29. The number of rotatable bonds is 2. The largest absolute Gasteiger partial charge is 0.472 e. The standard InChI is InChI=1S/C15H13N5O2S/c21-15(13-8-23-19-18-13)20-4-1-11-12(2-5-20)16-9-17-14(11)10-3-6-22-7-10/h3,6-9H,1-2,4-5H2. The number of fused-ring (bicyclic) bond motifs is 1. The Morgan fingerprint density at radius 1 is 1.26 bits per heavy atom. The molecule has 23 heavy (non-hydrogen) atoms. The average molecular weight is 327 g/mol. The van der Waals surface area contributed by atoms with E-state index in [9.17, 15) is 4.79 Å². The monoisotopic (exact) mass is 327 g/mol. The molecule has 1 aliphatic heterocycles. The van der Waals surface area contributed by atoms with Crippen LogP contribution in [0.15, 0.2) is 34.7 Å². The lowest BCUT2D eigenvalue weighted by Gasteiger charge is -2.18. The quantitative estimate of drug-likeness (QED) is 0.714. The molecule has 4 heterocycles. The van der Waals surface area contributed by atoms with Crippen LogP contribution < -0.4 is 0 Å². The van der Waals surface area contributed by atoms with Crippen molar-refractivity contribution in [2.45, 2.75) is 12.8 Å². The van der Waals surface area contributed by atoms with Gasteiger partial charge in [-0.2, -0.15) is 0 Å². The number of carbonyl (C=O) groups excluding carboxylic acids is 1. The van der Waals surface area contributed by atoms with E-state index in [0.29, 0.717) is 31.6 Å². The minimum atomic E-state index is -0.0793. The van der Waals surface area contributed by atoms with Crippen LogP contribution in [0.3, 0.4) is 0 Å². The zero-order valence-corrected chi connectivity index (χ0v) is 13.0. The highest BCUT2D eigenvalue weighted by Gasteiger charge is 2.24. The summed E-state index contributed by atoms with van der Waals surface area (Å²) in [5.74, 6) is -0.0793. The Labute approximate surface area is 136 Å². The third-order valence-corrected chi connectivity index (χ3v) is 4.45. The third-order valence-electron chi connectivity index (χ3n) is 3.95. The average Bonchev–Trinajstić information content (AvgIpc) is 3.24. The van der Waals surface area contributed by atoms with Gasteiger partial charge in [0.1, 0.15) is 6.33 Å². The third kappa shape index (κ3) is 2.61. The first-order chi connectivity index (χ1) is 11.3. The van der Waals surface area contributed by atoms with Crippen LogP contribution in [-0.2, 0) is 12.8 Å². The molecule has 0 fully saturated rings. The maximum absolute atomic E-state index is 12.5. The Kier molecular flexibility index (Phi) is 3.58. The summed E-state index contributed by atoms with van der Waals surface area (Å²) < 4.78 is 8.92. The maximum Gasteiger partial charge on any atom is 0.275 e. The molecule has 7 nitrogen and oxygen atoms in total. The van der Waals surface area contributed by atoms with E-state index in [4.69, 9.17) is 4.42 Å². The van der Waals surface area contributed by atoms with Gasteiger partial charge in [-0.15, -0.1) is 5.10 Å². The van der Waals surface area contributed by atoms with Crippen molar-refractivity contribution in [2.75, 3.05) is 13.1 Å². The van der Waals surface area contributed by atoms with Crippen LogP contribution in [0.5, 0.6) is 0 Å². The van der Waals surface area contributed by atoms with E-state index >= 15 is 0 Å². The molecule has 116 valence electrons. The molecule has 0 saturated heterocycles. The van der Waals surface area contributed by atoms with Crippen molar-refractivity contribution in [3.05, 3.63) is 47.3 Å². The van der Waals surface area contributed by atoms with Crippen molar-refractivity contribution in [1.29, 1.82) is 0 Å². The van der Waals surface area contributed by atoms with Gasteiger partial charge in [-0.1, -0.05) is 4.49 Å². The molecule has 0 spiro atoms. The lowest BCUT2D eigenvalue weighted by atomic mass is 10.0. The molecular weight excluding hydrogens is 314 g/mol. The van der Waals surface area contributed by atoms with Crippen molar-refractivity contribution in [3.8, 4) is 11.3 Å². The van der Waals surface area contributed by atoms with Gasteiger partial charge in [-0.25, -0.2) is 9.97 Å². The molecular formula is C15H13N5O2S. The number of carbonyl (C=O) groups is 1. The molecule has 0 N–H and O–H groups in total. The summed E-state index contributed by atoms with van der Waals surface area (Å²) in [4.78, 5) is 23.1. The van der Waals surface area contributed by atoms with Gasteiger partial charge in [-0.05, 0) is 24.0 Å². The Morgan fingerprint density at radius 3 is 2.96 bits per heavy atom. The van der Waals surface area contributed by atoms with Crippen LogP contribution in [0.2, 0.25) is 0 Å². The van der Waals surface area contributed by atoms with E-state index in [1.807, 2.05) is 6.07 Å². The first-order valence-electron chi connectivity index (χ1n) is 7.24. The first kappa shape index (κ1) is 14.0. The molecule has 0 unspecified atom stereocenters. The predicted octanol–water partition coefficient (Wildman–Crippen LogP) is 1.83. The van der Waals surface area contributed by atoms with E-state index in [2.05, 4.69) is 19.6 Å². The van der Waals surface area contributed by atoms with E-state index < -0.39 is 0 Å². The van der Waals surface area contributed by atoms with Crippen LogP contribution in [0, 0.1) is 0 Å². The molecule has 0 aliphatic carbocycles. The SMILES string of the molecule is O=C(c1csnn1)N1CCc2ncnc(-c3ccoc3)c2CC1. The molecule has 0 atom stereocenters. The Hall–Kier alpha value is -2.61. The number of amides is 1. The van der Waals surface area contributed by atoms with E-state index in [1.165, 1.54) is 11.5 Å². The number of hydrogen-bond acceptors (Lipinski definition) is 7. The number of nitrogens with zero attached hydrogens (tertiary/aromatic N) is 5. The van der Waals surface area contributed by atoms with Gasteiger partial charge in [0.2, 0.25) is 0 Å². The maximum atomic E-state index is 12.5. The molecule has 0 radical (unpaired) electrons. The Bertz CT molecular complexity index is 817. The van der Waals surface area contributed by atoms with E-state index in [1.54, 1.807) is 29.1 Å².